The van der Waals surface area contributed by atoms with Crippen molar-refractivity contribution in [1.82, 2.24) is 10.6 Å². The topological polar surface area (TPSA) is 74.8 Å². The highest BCUT2D eigenvalue weighted by atomic mass is 16.2. The number of urea groups is 1. The fourth-order valence-corrected chi connectivity index (χ4v) is 1.91. The lowest BCUT2D eigenvalue weighted by molar-refractivity contribution is -0.643. The molecule has 0 atom stereocenters. The lowest BCUT2D eigenvalue weighted by Gasteiger charge is -2.11. The molecule has 0 aromatic heterocycles. The van der Waals surface area contributed by atoms with Crippen LogP contribution in [0.5, 0.6) is 0 Å². The van der Waals surface area contributed by atoms with E-state index in [9.17, 15) is 9.59 Å². The monoisotopic (exact) mass is 228 g/mol. The number of imide groups is 1. The van der Waals surface area contributed by atoms with Gasteiger partial charge in [-0.15, -0.1) is 0 Å². The number of rotatable bonds is 5. The van der Waals surface area contributed by atoms with E-state index < -0.39 is 0 Å². The largest absolute Gasteiger partial charge is 0.338 e. The quantitative estimate of drug-likeness (QED) is 0.567. The maximum atomic E-state index is 11.4. The minimum absolute atomic E-state index is 0.219. The fourth-order valence-electron chi connectivity index (χ4n) is 1.91. The van der Waals surface area contributed by atoms with E-state index in [4.69, 9.17) is 0 Å². The molecule has 1 rings (SSSR count). The lowest BCUT2D eigenvalue weighted by atomic mass is 10.2. The first-order valence-corrected chi connectivity index (χ1v) is 6.14. The van der Waals surface area contributed by atoms with E-state index >= 15 is 0 Å². The summed E-state index contributed by atoms with van der Waals surface area (Å²) in [6.07, 6.45) is 5.43. The summed E-state index contributed by atoms with van der Waals surface area (Å²) in [6.45, 7) is 3.30. The maximum Gasteiger partial charge on any atom is 0.321 e. The Bertz CT molecular complexity index is 237. The summed E-state index contributed by atoms with van der Waals surface area (Å²) in [6, 6.07) is -0.0887. The summed E-state index contributed by atoms with van der Waals surface area (Å²) < 4.78 is 0. The molecule has 0 radical (unpaired) electrons. The van der Waals surface area contributed by atoms with Gasteiger partial charge in [0.15, 0.2) is 6.54 Å². The summed E-state index contributed by atoms with van der Waals surface area (Å²) in [7, 11) is 0. The van der Waals surface area contributed by atoms with Gasteiger partial charge in [0.25, 0.3) is 5.91 Å². The van der Waals surface area contributed by atoms with Crippen LogP contribution in [0.15, 0.2) is 0 Å². The minimum atomic E-state index is -0.346. The number of hydrogen-bond donors (Lipinski definition) is 3. The molecule has 0 spiro atoms. The van der Waals surface area contributed by atoms with Crippen LogP contribution in [-0.2, 0) is 4.79 Å². The molecule has 0 aliphatic heterocycles. The summed E-state index contributed by atoms with van der Waals surface area (Å²) >= 11 is 0. The summed E-state index contributed by atoms with van der Waals surface area (Å²) in [5.41, 5.74) is 0. The molecule has 1 saturated carbocycles. The lowest BCUT2D eigenvalue weighted by Crippen LogP contribution is -2.86. The molecule has 0 unspecified atom stereocenters. The number of amides is 3. The summed E-state index contributed by atoms with van der Waals surface area (Å²) in [5.74, 6) is -0.219. The van der Waals surface area contributed by atoms with E-state index in [-0.39, 0.29) is 18.0 Å². The average molecular weight is 228 g/mol. The van der Waals surface area contributed by atoms with Crippen LogP contribution in [0.1, 0.15) is 39.0 Å². The number of nitrogens with one attached hydrogen (secondary N) is 2. The smallest absolute Gasteiger partial charge is 0.321 e. The van der Waals surface area contributed by atoms with Crippen LogP contribution >= 0.6 is 0 Å². The molecule has 1 aliphatic rings. The van der Waals surface area contributed by atoms with Gasteiger partial charge >= 0.3 is 6.03 Å². The normalized spacial score (nSPS) is 16.1. The molecule has 5 heteroatoms. The summed E-state index contributed by atoms with van der Waals surface area (Å²) in [5, 5.41) is 7.06. The van der Waals surface area contributed by atoms with Gasteiger partial charge in [-0.1, -0.05) is 19.8 Å². The first-order valence-electron chi connectivity index (χ1n) is 6.14. The highest BCUT2D eigenvalue weighted by Gasteiger charge is 2.18. The molecule has 1 fully saturated rings. The maximum absolute atomic E-state index is 11.4. The van der Waals surface area contributed by atoms with Gasteiger partial charge < -0.3 is 10.6 Å². The number of carbonyl (C=O) groups is 2. The Hall–Kier alpha value is -1.10. The predicted octanol–water partition coefficient (Wildman–Crippen LogP) is -0.272. The van der Waals surface area contributed by atoms with Crippen molar-refractivity contribution < 1.29 is 14.9 Å². The Morgan fingerprint density at radius 1 is 1.31 bits per heavy atom. The van der Waals surface area contributed by atoms with Crippen LogP contribution in [0.3, 0.4) is 0 Å². The second kappa shape index (κ2) is 7.22. The molecule has 4 N–H and O–H groups in total. The third-order valence-corrected chi connectivity index (χ3v) is 2.77. The van der Waals surface area contributed by atoms with Crippen LogP contribution in [0.2, 0.25) is 0 Å². The zero-order valence-corrected chi connectivity index (χ0v) is 9.92. The van der Waals surface area contributed by atoms with Gasteiger partial charge in [-0.3, -0.25) is 10.1 Å². The van der Waals surface area contributed by atoms with E-state index in [0.717, 1.165) is 25.8 Å². The Morgan fingerprint density at radius 2 is 2.00 bits per heavy atom. The van der Waals surface area contributed by atoms with Gasteiger partial charge in [-0.2, -0.15) is 0 Å². The fraction of sp³-hybridized carbons (Fsp3) is 0.818. The molecule has 0 saturated heterocycles. The van der Waals surface area contributed by atoms with Crippen LogP contribution < -0.4 is 16.0 Å². The average Bonchev–Trinajstić information content (AvgIpc) is 2.70. The molecule has 3 amide bonds. The molecule has 0 heterocycles. The van der Waals surface area contributed by atoms with Crippen molar-refractivity contribution in [1.29, 1.82) is 0 Å². The SMILES string of the molecule is CCC[NH2+]CC(=O)NC(=O)NC1CCCC1. The number of carbonyl (C=O) groups excluding carboxylic acids is 2. The Kier molecular flexibility index (Phi) is 5.85. The summed E-state index contributed by atoms with van der Waals surface area (Å²) in [4.78, 5) is 22.7. The molecular weight excluding hydrogens is 206 g/mol. The first-order chi connectivity index (χ1) is 7.72. The van der Waals surface area contributed by atoms with E-state index in [1.807, 2.05) is 5.32 Å². The van der Waals surface area contributed by atoms with E-state index in [1.54, 1.807) is 0 Å². The zero-order valence-electron chi connectivity index (χ0n) is 9.92. The van der Waals surface area contributed by atoms with Crippen LogP contribution in [0.25, 0.3) is 0 Å². The van der Waals surface area contributed by atoms with E-state index in [1.165, 1.54) is 12.8 Å². The van der Waals surface area contributed by atoms with Crippen molar-refractivity contribution in [2.45, 2.75) is 45.1 Å². The number of nitrogens with two attached hydrogens (primary N) is 1. The van der Waals surface area contributed by atoms with Gasteiger partial charge in [-0.05, 0) is 19.3 Å². The molecule has 0 bridgehead atoms. The standard InChI is InChI=1S/C11H21N3O2/c1-2-7-12-8-10(15)14-11(16)13-9-5-3-4-6-9/h9,12H,2-8H2,1H3,(H2,13,14,15,16)/p+1. The third kappa shape index (κ3) is 5.11. The van der Waals surface area contributed by atoms with Gasteiger partial charge in [0, 0.05) is 6.04 Å². The van der Waals surface area contributed by atoms with Crippen molar-refractivity contribution in [3.05, 3.63) is 0 Å². The molecule has 1 aliphatic carbocycles. The van der Waals surface area contributed by atoms with E-state index in [2.05, 4.69) is 17.6 Å². The van der Waals surface area contributed by atoms with Crippen molar-refractivity contribution in [2.75, 3.05) is 13.1 Å². The van der Waals surface area contributed by atoms with Crippen molar-refractivity contribution in [2.24, 2.45) is 0 Å². The predicted molar refractivity (Wildman–Crippen MR) is 60.9 cm³/mol. The Morgan fingerprint density at radius 3 is 2.62 bits per heavy atom. The second-order valence-corrected chi connectivity index (χ2v) is 4.28. The third-order valence-electron chi connectivity index (χ3n) is 2.77. The van der Waals surface area contributed by atoms with Crippen molar-refractivity contribution >= 4 is 11.9 Å². The zero-order chi connectivity index (χ0) is 11.8. The molecular formula is C11H22N3O2+. The Balaban J connectivity index is 2.10. The number of quaternary nitrogens is 1. The van der Waals surface area contributed by atoms with Gasteiger partial charge in [0.1, 0.15) is 0 Å². The van der Waals surface area contributed by atoms with Crippen LogP contribution in [0, 0.1) is 0 Å². The second-order valence-electron chi connectivity index (χ2n) is 4.28. The number of hydrogen-bond acceptors (Lipinski definition) is 2. The van der Waals surface area contributed by atoms with Crippen LogP contribution in [0.4, 0.5) is 4.79 Å². The Labute approximate surface area is 96.4 Å². The van der Waals surface area contributed by atoms with E-state index in [0.29, 0.717) is 6.54 Å². The van der Waals surface area contributed by atoms with Gasteiger partial charge in [-0.25, -0.2) is 4.79 Å². The molecule has 5 nitrogen and oxygen atoms in total. The molecule has 0 aromatic rings. The van der Waals surface area contributed by atoms with Crippen molar-refractivity contribution in [3.63, 3.8) is 0 Å². The van der Waals surface area contributed by atoms with Gasteiger partial charge in [0.2, 0.25) is 0 Å². The van der Waals surface area contributed by atoms with Gasteiger partial charge in [0.05, 0.1) is 6.54 Å². The molecule has 92 valence electrons. The highest BCUT2D eigenvalue weighted by Crippen LogP contribution is 2.17. The first kappa shape index (κ1) is 13.0. The highest BCUT2D eigenvalue weighted by molar-refractivity contribution is 5.94. The minimum Gasteiger partial charge on any atom is -0.338 e. The van der Waals surface area contributed by atoms with Crippen molar-refractivity contribution in [3.8, 4) is 0 Å². The molecule has 16 heavy (non-hydrogen) atoms. The van der Waals surface area contributed by atoms with Crippen LogP contribution in [-0.4, -0.2) is 31.1 Å². The molecule has 0 aromatic carbocycles.